The number of methoxy groups -OCH3 is 1. The number of ether oxygens (including phenoxy) is 1. The second-order valence-corrected chi connectivity index (χ2v) is 8.48. The molecule has 4 aliphatic carbocycles. The number of hydrogen-bond donors (Lipinski definition) is 1. The number of rotatable bonds is 6. The molecule has 0 aliphatic heterocycles. The van der Waals surface area contributed by atoms with E-state index in [0.717, 1.165) is 42.6 Å². The van der Waals surface area contributed by atoms with E-state index >= 15 is 0 Å². The largest absolute Gasteiger partial charge is 0.380 e. The summed E-state index contributed by atoms with van der Waals surface area (Å²) in [6.45, 7) is 0.597. The van der Waals surface area contributed by atoms with E-state index < -0.39 is 0 Å². The van der Waals surface area contributed by atoms with Crippen molar-refractivity contribution in [3.63, 3.8) is 0 Å². The second kappa shape index (κ2) is 6.41. The zero-order valence-corrected chi connectivity index (χ0v) is 15.6. The molecule has 1 amide bonds. The predicted molar refractivity (Wildman–Crippen MR) is 101 cm³/mol. The molecule has 4 aliphatic rings. The number of amides is 1. The van der Waals surface area contributed by atoms with Crippen molar-refractivity contribution in [3.05, 3.63) is 59.7 Å². The maximum atomic E-state index is 12.8. The van der Waals surface area contributed by atoms with E-state index in [1.54, 1.807) is 7.11 Å². The smallest absolute Gasteiger partial charge is 0.224 e. The van der Waals surface area contributed by atoms with Gasteiger partial charge in [-0.2, -0.15) is 0 Å². The Morgan fingerprint density at radius 1 is 1.15 bits per heavy atom. The Morgan fingerprint density at radius 3 is 2.70 bits per heavy atom. The van der Waals surface area contributed by atoms with E-state index in [1.165, 1.54) is 0 Å². The highest BCUT2D eigenvalue weighted by atomic mass is 16.5. The van der Waals surface area contributed by atoms with Crippen LogP contribution >= 0.6 is 0 Å². The molecule has 2 aromatic rings. The molecule has 4 fully saturated rings. The van der Waals surface area contributed by atoms with Gasteiger partial charge in [0.15, 0.2) is 0 Å². The molecule has 0 saturated heterocycles. The van der Waals surface area contributed by atoms with Gasteiger partial charge in [0, 0.05) is 54.2 Å². The number of pyridine rings is 2. The molecule has 1 N–H and O–H groups in total. The van der Waals surface area contributed by atoms with Crippen molar-refractivity contribution in [2.24, 2.45) is 11.8 Å². The molecule has 5 nitrogen and oxygen atoms in total. The van der Waals surface area contributed by atoms with Gasteiger partial charge in [-0.25, -0.2) is 0 Å². The van der Waals surface area contributed by atoms with Crippen LogP contribution < -0.4 is 5.32 Å². The van der Waals surface area contributed by atoms with Crippen LogP contribution in [0.1, 0.15) is 54.5 Å². The molecule has 2 aromatic heterocycles. The molecule has 2 heterocycles. The average Bonchev–Trinajstić information content (AvgIpc) is 3.30. The van der Waals surface area contributed by atoms with Crippen LogP contribution in [0.25, 0.3) is 0 Å². The molecule has 6 rings (SSSR count). The van der Waals surface area contributed by atoms with Gasteiger partial charge in [0.2, 0.25) is 5.91 Å². The molecule has 4 saturated carbocycles. The Kier molecular flexibility index (Phi) is 4.01. The number of fused-ring (bicyclic) bond motifs is 1. The molecular weight excluding hydrogens is 338 g/mol. The first kappa shape index (κ1) is 16.9. The van der Waals surface area contributed by atoms with Crippen LogP contribution in [0, 0.1) is 11.8 Å². The molecule has 0 aromatic carbocycles. The van der Waals surface area contributed by atoms with Gasteiger partial charge in [0.05, 0.1) is 6.61 Å². The Bertz CT molecular complexity index is 830. The minimum absolute atomic E-state index is 0.00342. The van der Waals surface area contributed by atoms with Crippen LogP contribution in [0.2, 0.25) is 0 Å². The van der Waals surface area contributed by atoms with Gasteiger partial charge in [-0.3, -0.25) is 14.8 Å². The van der Waals surface area contributed by atoms with Crippen LogP contribution in [0.3, 0.4) is 0 Å². The summed E-state index contributed by atoms with van der Waals surface area (Å²) in [5.74, 6) is 1.72. The average molecular weight is 363 g/mol. The first-order valence-electron chi connectivity index (χ1n) is 9.84. The topological polar surface area (TPSA) is 64.1 Å². The van der Waals surface area contributed by atoms with Crippen molar-refractivity contribution in [3.8, 4) is 0 Å². The second-order valence-electron chi connectivity index (χ2n) is 8.48. The van der Waals surface area contributed by atoms with E-state index in [1.807, 2.05) is 30.6 Å². The van der Waals surface area contributed by atoms with Gasteiger partial charge < -0.3 is 10.1 Å². The first-order chi connectivity index (χ1) is 13.2. The van der Waals surface area contributed by atoms with Crippen LogP contribution in [-0.4, -0.2) is 28.5 Å². The SMILES string of the molecule is COCc1ccc([C@@H]2CC3(NC(=O)C4CC4c4ccccn4)CC2C3)nc1. The summed E-state index contributed by atoms with van der Waals surface area (Å²) in [6, 6.07) is 10.2. The Morgan fingerprint density at radius 2 is 2.00 bits per heavy atom. The maximum absolute atomic E-state index is 12.8. The number of aromatic nitrogens is 2. The highest BCUT2D eigenvalue weighted by Gasteiger charge is 2.58. The predicted octanol–water partition coefficient (Wildman–Crippen LogP) is 3.18. The Labute approximate surface area is 159 Å². The lowest BCUT2D eigenvalue weighted by Gasteiger charge is -2.39. The highest BCUT2D eigenvalue weighted by Crippen LogP contribution is 2.59. The van der Waals surface area contributed by atoms with Crippen LogP contribution in [0.4, 0.5) is 0 Å². The molecular formula is C22H25N3O2. The number of nitrogens with zero attached hydrogens (tertiary/aromatic N) is 2. The minimum atomic E-state index is -0.00342. The van der Waals surface area contributed by atoms with Gasteiger partial charge in [0.1, 0.15) is 0 Å². The number of carbonyl (C=O) groups is 1. The van der Waals surface area contributed by atoms with Crippen molar-refractivity contribution >= 4 is 5.91 Å². The Balaban J connectivity index is 1.20. The van der Waals surface area contributed by atoms with Gasteiger partial charge in [-0.15, -0.1) is 0 Å². The van der Waals surface area contributed by atoms with E-state index in [4.69, 9.17) is 4.74 Å². The maximum Gasteiger partial charge on any atom is 0.224 e. The summed E-state index contributed by atoms with van der Waals surface area (Å²) in [4.78, 5) is 21.8. The van der Waals surface area contributed by atoms with Gasteiger partial charge in [-0.05, 0) is 55.4 Å². The van der Waals surface area contributed by atoms with Crippen molar-refractivity contribution in [2.45, 2.75) is 49.7 Å². The van der Waals surface area contributed by atoms with E-state index in [-0.39, 0.29) is 17.4 Å². The molecule has 5 heteroatoms. The molecule has 27 heavy (non-hydrogen) atoms. The monoisotopic (exact) mass is 363 g/mol. The number of carbonyl (C=O) groups excluding carboxylic acids is 1. The minimum Gasteiger partial charge on any atom is -0.380 e. The summed E-state index contributed by atoms with van der Waals surface area (Å²) in [7, 11) is 1.70. The Hall–Kier alpha value is -2.27. The van der Waals surface area contributed by atoms with Crippen molar-refractivity contribution in [1.82, 2.24) is 15.3 Å². The quantitative estimate of drug-likeness (QED) is 0.856. The van der Waals surface area contributed by atoms with Gasteiger partial charge >= 0.3 is 0 Å². The standard InChI is InChI=1S/C22H25N3O2/c1-27-13-14-5-6-20(24-12-14)18-11-22(9-15(18)10-22)25-21(26)17-8-16(17)19-4-2-3-7-23-19/h2-7,12,15-18H,8-11,13H2,1H3,(H,25,26)/t15?,16?,17?,18-,22?/m1/s1. The summed E-state index contributed by atoms with van der Waals surface area (Å²) < 4.78 is 5.16. The summed E-state index contributed by atoms with van der Waals surface area (Å²) in [6.07, 6.45) is 7.85. The fourth-order valence-electron chi connectivity index (χ4n) is 5.15. The van der Waals surface area contributed by atoms with Gasteiger partial charge in [-0.1, -0.05) is 12.1 Å². The lowest BCUT2D eigenvalue weighted by molar-refractivity contribution is -0.125. The van der Waals surface area contributed by atoms with Crippen LogP contribution in [0.15, 0.2) is 42.7 Å². The fourth-order valence-corrected chi connectivity index (χ4v) is 5.15. The van der Waals surface area contributed by atoms with Gasteiger partial charge in [0.25, 0.3) is 0 Å². The van der Waals surface area contributed by atoms with Crippen molar-refractivity contribution in [2.75, 3.05) is 7.11 Å². The number of nitrogens with one attached hydrogen (secondary N) is 1. The van der Waals surface area contributed by atoms with Crippen LogP contribution in [0.5, 0.6) is 0 Å². The van der Waals surface area contributed by atoms with E-state index in [0.29, 0.717) is 24.4 Å². The summed E-state index contributed by atoms with van der Waals surface area (Å²) in [5.41, 5.74) is 3.30. The van der Waals surface area contributed by atoms with Crippen molar-refractivity contribution in [1.29, 1.82) is 0 Å². The normalized spacial score (nSPS) is 33.4. The lowest BCUT2D eigenvalue weighted by atomic mass is 9.75. The summed E-state index contributed by atoms with van der Waals surface area (Å²) in [5, 5.41) is 3.40. The molecule has 3 atom stereocenters. The van der Waals surface area contributed by atoms with Crippen LogP contribution in [-0.2, 0) is 16.1 Å². The van der Waals surface area contributed by atoms with Crippen molar-refractivity contribution < 1.29 is 9.53 Å². The molecule has 2 unspecified atom stereocenters. The third kappa shape index (κ3) is 3.04. The molecule has 0 spiro atoms. The highest BCUT2D eigenvalue weighted by molar-refractivity contribution is 5.83. The number of hydrogen-bond acceptors (Lipinski definition) is 4. The first-order valence-corrected chi connectivity index (χ1v) is 9.84. The summed E-state index contributed by atoms with van der Waals surface area (Å²) >= 11 is 0. The fraction of sp³-hybridized carbons (Fsp3) is 0.500. The third-order valence-electron chi connectivity index (χ3n) is 6.61. The van der Waals surface area contributed by atoms with E-state index in [9.17, 15) is 4.79 Å². The zero-order chi connectivity index (χ0) is 18.4. The molecule has 0 radical (unpaired) electrons. The molecule has 2 bridgehead atoms. The van der Waals surface area contributed by atoms with E-state index in [2.05, 4.69) is 27.4 Å². The zero-order valence-electron chi connectivity index (χ0n) is 15.6. The third-order valence-corrected chi connectivity index (χ3v) is 6.61. The molecule has 140 valence electrons. The lowest BCUT2D eigenvalue weighted by Crippen LogP contribution is -2.52.